The summed E-state index contributed by atoms with van der Waals surface area (Å²) in [6.45, 7) is 0. The van der Waals surface area contributed by atoms with Gasteiger partial charge in [-0.1, -0.05) is 6.42 Å². The first-order valence-electron chi connectivity index (χ1n) is 6.78. The number of carbonyl (C=O) groups is 1. The van der Waals surface area contributed by atoms with E-state index >= 15 is 0 Å². The fourth-order valence-corrected chi connectivity index (χ4v) is 3.47. The lowest BCUT2D eigenvalue weighted by Crippen LogP contribution is -2.27. The molecule has 3 atom stereocenters. The molecule has 1 aromatic heterocycles. The van der Waals surface area contributed by atoms with Gasteiger partial charge in [0.25, 0.3) is 0 Å². The molecule has 3 rings (SSSR count). The van der Waals surface area contributed by atoms with E-state index in [1.54, 1.807) is 12.3 Å². The zero-order chi connectivity index (χ0) is 13.4. The molecule has 0 saturated heterocycles. The summed E-state index contributed by atoms with van der Waals surface area (Å²) in [6, 6.07) is 2.04. The minimum absolute atomic E-state index is 0.378. The van der Waals surface area contributed by atoms with Crippen LogP contribution in [0, 0.1) is 11.8 Å². The molecule has 19 heavy (non-hydrogen) atoms. The van der Waals surface area contributed by atoms with E-state index in [2.05, 4.69) is 10.3 Å². The molecule has 0 amide bonds. The molecule has 5 heteroatoms. The smallest absolute Gasteiger partial charge is 0.340 e. The Morgan fingerprint density at radius 2 is 2.32 bits per heavy atom. The molecule has 3 unspecified atom stereocenters. The van der Waals surface area contributed by atoms with E-state index in [9.17, 15) is 4.79 Å². The molecular formula is C14H19N3O2. The van der Waals surface area contributed by atoms with Gasteiger partial charge in [-0.15, -0.1) is 0 Å². The highest BCUT2D eigenvalue weighted by atomic mass is 16.5. The van der Waals surface area contributed by atoms with Crippen LogP contribution in [0.15, 0.2) is 12.3 Å². The zero-order valence-electron chi connectivity index (χ0n) is 11.1. The lowest BCUT2D eigenvalue weighted by atomic mass is 9.95. The molecule has 2 fully saturated rings. The second-order valence-corrected chi connectivity index (χ2v) is 5.54. The van der Waals surface area contributed by atoms with Crippen molar-refractivity contribution in [3.8, 4) is 0 Å². The van der Waals surface area contributed by atoms with Crippen LogP contribution in [-0.4, -0.2) is 24.1 Å². The third-order valence-electron chi connectivity index (χ3n) is 4.46. The van der Waals surface area contributed by atoms with E-state index in [-0.39, 0.29) is 0 Å². The van der Waals surface area contributed by atoms with Gasteiger partial charge in [0, 0.05) is 12.2 Å². The van der Waals surface area contributed by atoms with Crippen LogP contribution in [0.2, 0.25) is 0 Å². The molecule has 2 aliphatic carbocycles. The van der Waals surface area contributed by atoms with Crippen molar-refractivity contribution in [2.75, 3.05) is 18.2 Å². The predicted octanol–water partition coefficient (Wildman–Crippen LogP) is 2.05. The molecule has 0 aromatic carbocycles. The monoisotopic (exact) mass is 261 g/mol. The maximum Gasteiger partial charge on any atom is 0.340 e. The highest BCUT2D eigenvalue weighted by Crippen LogP contribution is 2.45. The Kier molecular flexibility index (Phi) is 3.05. The fourth-order valence-electron chi connectivity index (χ4n) is 3.47. The Morgan fingerprint density at radius 3 is 2.95 bits per heavy atom. The number of methoxy groups -OCH3 is 1. The predicted molar refractivity (Wildman–Crippen MR) is 72.8 cm³/mol. The summed E-state index contributed by atoms with van der Waals surface area (Å²) in [7, 11) is 1.35. The van der Waals surface area contributed by atoms with Gasteiger partial charge in [-0.3, -0.25) is 0 Å². The van der Waals surface area contributed by atoms with Crippen LogP contribution in [0.1, 0.15) is 36.0 Å². The van der Waals surface area contributed by atoms with Gasteiger partial charge >= 0.3 is 5.97 Å². The number of hydrogen-bond acceptors (Lipinski definition) is 5. The van der Waals surface area contributed by atoms with E-state index < -0.39 is 5.97 Å². The Balaban J connectivity index is 1.79. The van der Waals surface area contributed by atoms with Crippen molar-refractivity contribution < 1.29 is 9.53 Å². The largest absolute Gasteiger partial charge is 0.465 e. The van der Waals surface area contributed by atoms with Gasteiger partial charge in [-0.05, 0) is 37.2 Å². The van der Waals surface area contributed by atoms with Crippen molar-refractivity contribution in [3.05, 3.63) is 17.8 Å². The molecule has 102 valence electrons. The number of rotatable bonds is 3. The maximum absolute atomic E-state index is 11.6. The topological polar surface area (TPSA) is 77.2 Å². The van der Waals surface area contributed by atoms with E-state index in [4.69, 9.17) is 10.5 Å². The number of nitrogen functional groups attached to an aromatic ring is 1. The molecule has 2 bridgehead atoms. The molecule has 1 aromatic rings. The Hall–Kier alpha value is -1.78. The molecule has 1 heterocycles. The van der Waals surface area contributed by atoms with Gasteiger partial charge in [0.15, 0.2) is 0 Å². The Morgan fingerprint density at radius 1 is 1.47 bits per heavy atom. The van der Waals surface area contributed by atoms with Crippen molar-refractivity contribution in [3.63, 3.8) is 0 Å². The zero-order valence-corrected chi connectivity index (χ0v) is 11.1. The molecule has 3 N–H and O–H groups in total. The number of ether oxygens (including phenoxy) is 1. The fraction of sp³-hybridized carbons (Fsp3) is 0.571. The van der Waals surface area contributed by atoms with Crippen LogP contribution < -0.4 is 11.1 Å². The average Bonchev–Trinajstić information content (AvgIpc) is 3.02. The number of esters is 1. The highest BCUT2D eigenvalue weighted by Gasteiger charge is 2.39. The quantitative estimate of drug-likeness (QED) is 0.814. The van der Waals surface area contributed by atoms with Crippen LogP contribution in [-0.2, 0) is 4.74 Å². The minimum Gasteiger partial charge on any atom is -0.465 e. The van der Waals surface area contributed by atoms with Crippen molar-refractivity contribution >= 4 is 17.5 Å². The van der Waals surface area contributed by atoms with E-state index in [1.807, 2.05) is 0 Å². The lowest BCUT2D eigenvalue weighted by Gasteiger charge is -2.24. The maximum atomic E-state index is 11.6. The number of aromatic nitrogens is 1. The number of nitrogens with one attached hydrogen (secondary N) is 1. The Bertz CT molecular complexity index is 503. The standard InChI is InChI=1S/C14H19N3O2/c1-19-14(18)10-4-5-16-13(12(10)15)17-11-7-8-2-3-9(11)6-8/h4-5,8-9,11H,2-3,6-7,15H2,1H3,(H,16,17). The molecular weight excluding hydrogens is 242 g/mol. The number of hydrogen-bond donors (Lipinski definition) is 2. The minimum atomic E-state index is -0.420. The summed E-state index contributed by atoms with van der Waals surface area (Å²) in [5.41, 5.74) is 6.77. The van der Waals surface area contributed by atoms with Gasteiger partial charge in [0.2, 0.25) is 0 Å². The van der Waals surface area contributed by atoms with Crippen molar-refractivity contribution in [1.82, 2.24) is 4.98 Å². The molecule has 2 saturated carbocycles. The number of anilines is 2. The third-order valence-corrected chi connectivity index (χ3v) is 4.46. The van der Waals surface area contributed by atoms with Gasteiger partial charge in [0.05, 0.1) is 18.4 Å². The summed E-state index contributed by atoms with van der Waals surface area (Å²) < 4.78 is 4.72. The van der Waals surface area contributed by atoms with E-state index in [0.29, 0.717) is 23.1 Å². The highest BCUT2D eigenvalue weighted by molar-refractivity contribution is 5.97. The third kappa shape index (κ3) is 2.13. The first kappa shape index (κ1) is 12.3. The first-order valence-corrected chi connectivity index (χ1v) is 6.78. The van der Waals surface area contributed by atoms with Gasteiger partial charge in [-0.25, -0.2) is 9.78 Å². The van der Waals surface area contributed by atoms with Crippen LogP contribution in [0.25, 0.3) is 0 Å². The number of fused-ring (bicyclic) bond motifs is 2. The Labute approximate surface area is 112 Å². The summed E-state index contributed by atoms with van der Waals surface area (Å²) in [5.74, 6) is 1.77. The number of nitrogens with two attached hydrogens (primary N) is 1. The second kappa shape index (κ2) is 4.72. The van der Waals surface area contributed by atoms with Crippen molar-refractivity contribution in [2.45, 2.75) is 31.7 Å². The summed E-state index contributed by atoms with van der Waals surface area (Å²) >= 11 is 0. The SMILES string of the molecule is COC(=O)c1ccnc(NC2CC3CCC2C3)c1N. The van der Waals surface area contributed by atoms with Crippen molar-refractivity contribution in [1.29, 1.82) is 0 Å². The first-order chi connectivity index (χ1) is 9.19. The van der Waals surface area contributed by atoms with Crippen molar-refractivity contribution in [2.24, 2.45) is 11.8 Å². The molecule has 5 nitrogen and oxygen atoms in total. The second-order valence-electron chi connectivity index (χ2n) is 5.54. The van der Waals surface area contributed by atoms with Gasteiger partial charge in [0.1, 0.15) is 5.82 Å². The number of pyridine rings is 1. The molecule has 2 aliphatic rings. The summed E-state index contributed by atoms with van der Waals surface area (Å²) in [6.07, 6.45) is 6.74. The summed E-state index contributed by atoms with van der Waals surface area (Å²) in [4.78, 5) is 15.9. The average molecular weight is 261 g/mol. The summed E-state index contributed by atoms with van der Waals surface area (Å²) in [5, 5.41) is 3.42. The molecule has 0 radical (unpaired) electrons. The van der Waals surface area contributed by atoms with Crippen LogP contribution in [0.4, 0.5) is 11.5 Å². The van der Waals surface area contributed by atoms with E-state index in [0.717, 1.165) is 11.8 Å². The molecule has 0 spiro atoms. The van der Waals surface area contributed by atoms with E-state index in [1.165, 1.54) is 32.8 Å². The number of carbonyl (C=O) groups excluding carboxylic acids is 1. The van der Waals surface area contributed by atoms with Crippen LogP contribution >= 0.6 is 0 Å². The van der Waals surface area contributed by atoms with Crippen LogP contribution in [0.3, 0.4) is 0 Å². The molecule has 0 aliphatic heterocycles. The van der Waals surface area contributed by atoms with Gasteiger partial charge in [-0.2, -0.15) is 0 Å². The lowest BCUT2D eigenvalue weighted by molar-refractivity contribution is 0.0602. The van der Waals surface area contributed by atoms with Gasteiger partial charge < -0.3 is 15.8 Å². The number of nitrogens with zero attached hydrogens (tertiary/aromatic N) is 1. The van der Waals surface area contributed by atoms with Crippen LogP contribution in [0.5, 0.6) is 0 Å². The normalized spacial score (nSPS) is 28.4.